The largest absolute Gasteiger partial charge is 0.331 e. The van der Waals surface area contributed by atoms with Crippen LogP contribution in [0.1, 0.15) is 0 Å². The van der Waals surface area contributed by atoms with Crippen LogP contribution in [0.5, 0.6) is 0 Å². The van der Waals surface area contributed by atoms with Crippen molar-refractivity contribution in [2.45, 2.75) is 6.54 Å². The van der Waals surface area contributed by atoms with Crippen molar-refractivity contribution in [2.24, 2.45) is 0 Å². The Bertz CT molecular complexity index is 944. The first-order chi connectivity index (χ1) is 13.0. The molecule has 0 fully saturated rings. The van der Waals surface area contributed by atoms with E-state index in [-0.39, 0.29) is 11.7 Å². The Kier molecular flexibility index (Phi) is 6.17. The van der Waals surface area contributed by atoms with Crippen LogP contribution in [0.25, 0.3) is 11.4 Å². The highest BCUT2D eigenvalue weighted by Gasteiger charge is 2.09. The first-order valence-electron chi connectivity index (χ1n) is 7.65. The number of anilines is 1. The highest BCUT2D eigenvalue weighted by molar-refractivity contribution is 7.80. The summed E-state index contributed by atoms with van der Waals surface area (Å²) in [5, 5.41) is 16.3. The van der Waals surface area contributed by atoms with Crippen molar-refractivity contribution in [1.82, 2.24) is 31.1 Å². The molecule has 3 rings (SSSR count). The van der Waals surface area contributed by atoms with Crippen LogP contribution < -0.4 is 16.2 Å². The Hall–Kier alpha value is -2.75. The molecule has 0 radical (unpaired) electrons. The Morgan fingerprint density at radius 2 is 1.63 bits per heavy atom. The molecular weight excluding hydrogens is 409 g/mol. The number of nitrogens with zero attached hydrogens (tertiary/aromatic N) is 4. The van der Waals surface area contributed by atoms with Gasteiger partial charge in [-0.2, -0.15) is 4.80 Å². The van der Waals surface area contributed by atoms with Gasteiger partial charge in [0.15, 0.2) is 5.11 Å². The zero-order valence-electron chi connectivity index (χ0n) is 13.7. The third-order valence-electron chi connectivity index (χ3n) is 3.26. The summed E-state index contributed by atoms with van der Waals surface area (Å²) in [6, 6.07) is 14.0. The molecule has 0 atom stereocenters. The van der Waals surface area contributed by atoms with E-state index in [2.05, 4.69) is 31.6 Å². The molecule has 2 aromatic carbocycles. The van der Waals surface area contributed by atoms with E-state index in [9.17, 15) is 4.79 Å². The Balaban J connectivity index is 1.48. The third-order valence-corrected chi connectivity index (χ3v) is 3.97. The number of halogens is 2. The maximum atomic E-state index is 12.0. The second-order valence-electron chi connectivity index (χ2n) is 5.28. The molecule has 8 nitrogen and oxygen atoms in total. The molecule has 0 unspecified atom stereocenters. The molecule has 0 saturated heterocycles. The van der Waals surface area contributed by atoms with Crippen molar-refractivity contribution in [3.05, 3.63) is 58.6 Å². The zero-order chi connectivity index (χ0) is 19.2. The quantitative estimate of drug-likeness (QED) is 0.440. The lowest BCUT2D eigenvalue weighted by atomic mass is 10.2. The van der Waals surface area contributed by atoms with Crippen molar-refractivity contribution < 1.29 is 4.79 Å². The van der Waals surface area contributed by atoms with Gasteiger partial charge in [-0.15, -0.1) is 10.2 Å². The van der Waals surface area contributed by atoms with Crippen molar-refractivity contribution >= 4 is 52.1 Å². The van der Waals surface area contributed by atoms with Gasteiger partial charge >= 0.3 is 0 Å². The SMILES string of the molecule is O=C(Cn1nnc(-c2ccc(Cl)cc2)n1)NNC(=S)Nc1ccc(Cl)cc1. The summed E-state index contributed by atoms with van der Waals surface area (Å²) in [6.45, 7) is -0.128. The van der Waals surface area contributed by atoms with E-state index in [4.69, 9.17) is 35.4 Å². The summed E-state index contributed by atoms with van der Waals surface area (Å²) in [5.74, 6) is 0.00247. The van der Waals surface area contributed by atoms with E-state index < -0.39 is 5.91 Å². The highest BCUT2D eigenvalue weighted by atomic mass is 35.5. The van der Waals surface area contributed by atoms with Crippen LogP contribution in [0, 0.1) is 0 Å². The second-order valence-corrected chi connectivity index (χ2v) is 6.57. The molecule has 1 amide bonds. The maximum absolute atomic E-state index is 12.0. The molecule has 0 aliphatic rings. The predicted octanol–water partition coefficient (Wildman–Crippen LogP) is 2.66. The van der Waals surface area contributed by atoms with Crippen molar-refractivity contribution in [3.8, 4) is 11.4 Å². The minimum absolute atomic E-state index is 0.128. The first-order valence-corrected chi connectivity index (χ1v) is 8.81. The van der Waals surface area contributed by atoms with Crippen LogP contribution in [0.3, 0.4) is 0 Å². The molecule has 27 heavy (non-hydrogen) atoms. The molecule has 138 valence electrons. The van der Waals surface area contributed by atoms with Gasteiger partial charge in [0.25, 0.3) is 5.91 Å². The summed E-state index contributed by atoms with van der Waals surface area (Å²) < 4.78 is 0. The third kappa shape index (κ3) is 5.61. The first kappa shape index (κ1) is 19.0. The van der Waals surface area contributed by atoms with E-state index in [0.29, 0.717) is 15.9 Å². The number of hydrogen-bond donors (Lipinski definition) is 3. The number of nitrogens with one attached hydrogen (secondary N) is 3. The molecule has 11 heteroatoms. The van der Waals surface area contributed by atoms with Gasteiger partial charge in [0, 0.05) is 21.3 Å². The topological polar surface area (TPSA) is 96.8 Å². The molecule has 0 aliphatic heterocycles. The number of rotatable bonds is 4. The second kappa shape index (κ2) is 8.76. The Morgan fingerprint density at radius 3 is 2.30 bits per heavy atom. The lowest BCUT2D eigenvalue weighted by Crippen LogP contribution is -2.45. The van der Waals surface area contributed by atoms with E-state index in [1.165, 1.54) is 4.80 Å². The maximum Gasteiger partial charge on any atom is 0.262 e. The van der Waals surface area contributed by atoms with Gasteiger partial charge in [-0.25, -0.2) is 0 Å². The van der Waals surface area contributed by atoms with Crippen LogP contribution in [-0.4, -0.2) is 31.2 Å². The highest BCUT2D eigenvalue weighted by Crippen LogP contribution is 2.17. The Labute approximate surface area is 169 Å². The fraction of sp³-hybridized carbons (Fsp3) is 0.0625. The summed E-state index contributed by atoms with van der Waals surface area (Å²) in [4.78, 5) is 13.2. The van der Waals surface area contributed by atoms with Gasteiger partial charge in [0.2, 0.25) is 5.82 Å². The molecule has 0 saturated carbocycles. The molecule has 0 bridgehead atoms. The molecule has 3 N–H and O–H groups in total. The summed E-state index contributed by atoms with van der Waals surface area (Å²) in [5.41, 5.74) is 6.53. The van der Waals surface area contributed by atoms with Crippen LogP contribution in [0.15, 0.2) is 48.5 Å². The molecule has 0 aliphatic carbocycles. The van der Waals surface area contributed by atoms with Gasteiger partial charge in [0.1, 0.15) is 6.54 Å². The van der Waals surface area contributed by atoms with E-state index in [0.717, 1.165) is 11.3 Å². The minimum atomic E-state index is -0.393. The summed E-state index contributed by atoms with van der Waals surface area (Å²) in [6.07, 6.45) is 0. The number of hydrogen-bond acceptors (Lipinski definition) is 5. The number of benzene rings is 2. The zero-order valence-corrected chi connectivity index (χ0v) is 16.0. The standard InChI is InChI=1S/C16H13Cl2N7OS/c17-11-3-1-10(2-4-11)15-21-24-25(23-15)9-14(26)20-22-16(27)19-13-7-5-12(18)6-8-13/h1-8H,9H2,(H,20,26)(H2,19,22,27). The van der Waals surface area contributed by atoms with Crippen LogP contribution >= 0.6 is 35.4 Å². The molecular formula is C16H13Cl2N7OS. The summed E-state index contributed by atoms with van der Waals surface area (Å²) >= 11 is 16.8. The monoisotopic (exact) mass is 421 g/mol. The summed E-state index contributed by atoms with van der Waals surface area (Å²) in [7, 11) is 0. The number of carbonyl (C=O) groups is 1. The van der Waals surface area contributed by atoms with E-state index >= 15 is 0 Å². The molecule has 1 heterocycles. The lowest BCUT2D eigenvalue weighted by Gasteiger charge is -2.11. The molecule has 1 aromatic heterocycles. The minimum Gasteiger partial charge on any atom is -0.331 e. The van der Waals surface area contributed by atoms with Gasteiger partial charge in [-0.3, -0.25) is 15.6 Å². The smallest absolute Gasteiger partial charge is 0.262 e. The Morgan fingerprint density at radius 1 is 1.00 bits per heavy atom. The van der Waals surface area contributed by atoms with E-state index in [1.54, 1.807) is 48.5 Å². The van der Waals surface area contributed by atoms with Crippen molar-refractivity contribution in [2.75, 3.05) is 5.32 Å². The van der Waals surface area contributed by atoms with Crippen molar-refractivity contribution in [1.29, 1.82) is 0 Å². The van der Waals surface area contributed by atoms with Gasteiger partial charge in [-0.1, -0.05) is 23.2 Å². The number of thiocarbonyl (C=S) groups is 1. The number of carbonyl (C=O) groups excluding carboxylic acids is 1. The fourth-order valence-electron chi connectivity index (χ4n) is 2.01. The number of amides is 1. The number of hydrazine groups is 1. The van der Waals surface area contributed by atoms with Gasteiger partial charge in [-0.05, 0) is 66.0 Å². The average Bonchev–Trinajstić information content (AvgIpc) is 3.11. The van der Waals surface area contributed by atoms with E-state index in [1.807, 2.05) is 0 Å². The molecule has 3 aromatic rings. The normalized spacial score (nSPS) is 10.3. The predicted molar refractivity (Wildman–Crippen MR) is 107 cm³/mol. The number of tetrazole rings is 1. The van der Waals surface area contributed by atoms with Gasteiger partial charge < -0.3 is 5.32 Å². The lowest BCUT2D eigenvalue weighted by molar-refractivity contribution is -0.122. The van der Waals surface area contributed by atoms with Gasteiger partial charge in [0.05, 0.1) is 0 Å². The molecule has 0 spiro atoms. The van der Waals surface area contributed by atoms with Crippen molar-refractivity contribution in [3.63, 3.8) is 0 Å². The fourth-order valence-corrected chi connectivity index (χ4v) is 2.44. The van der Waals surface area contributed by atoms with Crippen LogP contribution in [-0.2, 0) is 11.3 Å². The van der Waals surface area contributed by atoms with Crippen LogP contribution in [0.2, 0.25) is 10.0 Å². The average molecular weight is 422 g/mol. The van der Waals surface area contributed by atoms with Crippen LogP contribution in [0.4, 0.5) is 5.69 Å². The number of aromatic nitrogens is 4.